The van der Waals surface area contributed by atoms with Crippen LogP contribution in [0.5, 0.6) is 0 Å². The maximum Gasteiger partial charge on any atom is 0.230 e. The third kappa shape index (κ3) is 3.26. The average Bonchev–Trinajstić information content (AvgIpc) is 2.32. The van der Waals surface area contributed by atoms with Crippen molar-refractivity contribution >= 4 is 27.7 Å². The van der Waals surface area contributed by atoms with Crippen LogP contribution in [0.15, 0.2) is 22.7 Å². The molecular weight excluding hydrogens is 325 g/mol. The van der Waals surface area contributed by atoms with Crippen molar-refractivity contribution in [3.63, 3.8) is 0 Å². The molecule has 1 heterocycles. The van der Waals surface area contributed by atoms with Crippen molar-refractivity contribution < 1.29 is 14.0 Å². The number of hydrogen-bond acceptors (Lipinski definition) is 2. The van der Waals surface area contributed by atoms with E-state index in [9.17, 15) is 14.0 Å². The Morgan fingerprint density at radius 3 is 2.70 bits per heavy atom. The Morgan fingerprint density at radius 2 is 2.10 bits per heavy atom. The summed E-state index contributed by atoms with van der Waals surface area (Å²) in [5.41, 5.74) is 0.446. The maximum absolute atomic E-state index is 14.1. The van der Waals surface area contributed by atoms with Crippen molar-refractivity contribution in [3.05, 3.63) is 34.1 Å². The Labute approximate surface area is 126 Å². The van der Waals surface area contributed by atoms with Gasteiger partial charge in [-0.3, -0.25) is 14.9 Å². The van der Waals surface area contributed by atoms with Crippen molar-refractivity contribution in [2.45, 2.75) is 32.6 Å². The Hall–Kier alpha value is -1.23. The van der Waals surface area contributed by atoms with Gasteiger partial charge in [0.05, 0.1) is 0 Å². The molecule has 0 bridgehead atoms. The van der Waals surface area contributed by atoms with Gasteiger partial charge in [-0.2, -0.15) is 0 Å². The smallest absolute Gasteiger partial charge is 0.230 e. The van der Waals surface area contributed by atoms with Crippen molar-refractivity contribution in [1.29, 1.82) is 0 Å². The minimum absolute atomic E-state index is 0.154. The summed E-state index contributed by atoms with van der Waals surface area (Å²) in [5.74, 6) is -1.43. The van der Waals surface area contributed by atoms with Gasteiger partial charge in [-0.1, -0.05) is 35.8 Å². The molecule has 1 N–H and O–H groups in total. The van der Waals surface area contributed by atoms with Crippen LogP contribution in [0.2, 0.25) is 0 Å². The first kappa shape index (κ1) is 15.2. The van der Waals surface area contributed by atoms with E-state index in [1.165, 1.54) is 6.07 Å². The van der Waals surface area contributed by atoms with Crippen molar-refractivity contribution in [2.24, 2.45) is 11.8 Å². The fraction of sp³-hybridized carbons (Fsp3) is 0.467. The van der Waals surface area contributed by atoms with Gasteiger partial charge in [0.2, 0.25) is 11.8 Å². The van der Waals surface area contributed by atoms with Gasteiger partial charge in [-0.25, -0.2) is 4.39 Å². The molecule has 2 atom stereocenters. The van der Waals surface area contributed by atoms with E-state index < -0.39 is 0 Å². The predicted molar refractivity (Wildman–Crippen MR) is 77.6 cm³/mol. The predicted octanol–water partition coefficient (Wildman–Crippen LogP) is 3.38. The molecule has 2 unspecified atom stereocenters. The van der Waals surface area contributed by atoms with Crippen molar-refractivity contribution in [3.8, 4) is 0 Å². The molecule has 1 aromatic rings. The lowest BCUT2D eigenvalue weighted by Crippen LogP contribution is -2.45. The number of imide groups is 1. The molecule has 0 spiro atoms. The highest BCUT2D eigenvalue weighted by Gasteiger charge is 2.38. The highest BCUT2D eigenvalue weighted by Crippen LogP contribution is 2.37. The molecule has 1 saturated heterocycles. The summed E-state index contributed by atoms with van der Waals surface area (Å²) in [6.07, 6.45) is 0.793. The summed E-state index contributed by atoms with van der Waals surface area (Å²) in [6.45, 7) is 4.03. The third-order valence-corrected chi connectivity index (χ3v) is 4.07. The monoisotopic (exact) mass is 341 g/mol. The average molecular weight is 342 g/mol. The maximum atomic E-state index is 14.1. The fourth-order valence-corrected chi connectivity index (χ4v) is 3.05. The van der Waals surface area contributed by atoms with Gasteiger partial charge in [0.25, 0.3) is 0 Å². The van der Waals surface area contributed by atoms with Gasteiger partial charge in [-0.05, 0) is 30.0 Å². The first-order chi connectivity index (χ1) is 9.38. The summed E-state index contributed by atoms with van der Waals surface area (Å²) in [6, 6.07) is 4.77. The summed E-state index contributed by atoms with van der Waals surface area (Å²) < 4.78 is 14.8. The van der Waals surface area contributed by atoms with E-state index in [-0.39, 0.29) is 35.9 Å². The molecule has 108 valence electrons. The topological polar surface area (TPSA) is 46.2 Å². The Balaban J connectivity index is 2.37. The quantitative estimate of drug-likeness (QED) is 0.856. The second kappa shape index (κ2) is 6.04. The number of halogens is 2. The van der Waals surface area contributed by atoms with Crippen LogP contribution in [0.3, 0.4) is 0 Å². The zero-order chi connectivity index (χ0) is 14.9. The van der Waals surface area contributed by atoms with Gasteiger partial charge in [0, 0.05) is 22.7 Å². The van der Waals surface area contributed by atoms with Gasteiger partial charge in [0.1, 0.15) is 5.82 Å². The van der Waals surface area contributed by atoms with E-state index in [1.807, 2.05) is 13.8 Å². The van der Waals surface area contributed by atoms with Crippen LogP contribution in [-0.2, 0) is 9.59 Å². The van der Waals surface area contributed by atoms with E-state index in [0.29, 0.717) is 22.4 Å². The number of benzene rings is 1. The Kier molecular flexibility index (Phi) is 4.58. The number of rotatable bonds is 3. The lowest BCUT2D eigenvalue weighted by molar-refractivity contribution is -0.137. The Morgan fingerprint density at radius 1 is 1.40 bits per heavy atom. The highest BCUT2D eigenvalue weighted by atomic mass is 79.9. The number of carbonyl (C=O) groups is 2. The van der Waals surface area contributed by atoms with E-state index in [0.717, 1.165) is 0 Å². The number of carbonyl (C=O) groups excluding carboxylic acids is 2. The van der Waals surface area contributed by atoms with Gasteiger partial charge in [-0.15, -0.1) is 0 Å². The second-order valence-electron chi connectivity index (χ2n) is 5.62. The molecule has 3 nitrogen and oxygen atoms in total. The van der Waals surface area contributed by atoms with E-state index in [4.69, 9.17) is 0 Å². The van der Waals surface area contributed by atoms with Crippen molar-refractivity contribution in [1.82, 2.24) is 5.32 Å². The molecule has 1 aliphatic heterocycles. The SMILES string of the molecule is CC(C)CC1C(=O)NC(=O)CC1c1ccc(Br)cc1F. The molecule has 5 heteroatoms. The molecule has 1 fully saturated rings. The number of hydrogen-bond donors (Lipinski definition) is 1. The van der Waals surface area contributed by atoms with Crippen LogP contribution in [0.1, 0.15) is 38.2 Å². The van der Waals surface area contributed by atoms with E-state index in [2.05, 4.69) is 21.2 Å². The minimum Gasteiger partial charge on any atom is -0.296 e. The number of piperidine rings is 1. The summed E-state index contributed by atoms with van der Waals surface area (Å²) >= 11 is 3.21. The molecule has 0 aliphatic carbocycles. The molecule has 1 aliphatic rings. The second-order valence-corrected chi connectivity index (χ2v) is 6.54. The first-order valence-corrected chi connectivity index (χ1v) is 7.46. The molecule has 20 heavy (non-hydrogen) atoms. The molecular formula is C15H17BrFNO2. The van der Waals surface area contributed by atoms with Gasteiger partial charge < -0.3 is 0 Å². The Bertz CT molecular complexity index is 545. The first-order valence-electron chi connectivity index (χ1n) is 6.67. The summed E-state index contributed by atoms with van der Waals surface area (Å²) in [5, 5.41) is 2.36. The lowest BCUT2D eigenvalue weighted by Gasteiger charge is -2.31. The fourth-order valence-electron chi connectivity index (χ4n) is 2.71. The van der Waals surface area contributed by atoms with Crippen LogP contribution in [0.25, 0.3) is 0 Å². The van der Waals surface area contributed by atoms with Crippen LogP contribution < -0.4 is 5.32 Å². The van der Waals surface area contributed by atoms with E-state index in [1.54, 1.807) is 12.1 Å². The van der Waals surface area contributed by atoms with Crippen LogP contribution in [0.4, 0.5) is 4.39 Å². The molecule has 2 rings (SSSR count). The number of amides is 2. The zero-order valence-electron chi connectivity index (χ0n) is 11.5. The normalized spacial score (nSPS) is 23.1. The van der Waals surface area contributed by atoms with Crippen LogP contribution >= 0.6 is 15.9 Å². The molecule has 0 saturated carbocycles. The molecule has 0 radical (unpaired) electrons. The summed E-state index contributed by atoms with van der Waals surface area (Å²) in [4.78, 5) is 23.6. The standard InChI is InChI=1S/C15H17BrFNO2/c1-8(2)5-12-11(7-14(19)18-15(12)20)10-4-3-9(16)6-13(10)17/h3-4,6,8,11-12H,5,7H2,1-2H3,(H,18,19,20). The molecule has 2 amide bonds. The van der Waals surface area contributed by atoms with Crippen molar-refractivity contribution in [2.75, 3.05) is 0 Å². The largest absolute Gasteiger partial charge is 0.296 e. The summed E-state index contributed by atoms with van der Waals surface area (Å²) in [7, 11) is 0. The molecule has 0 aromatic heterocycles. The van der Waals surface area contributed by atoms with Gasteiger partial charge in [0.15, 0.2) is 0 Å². The third-order valence-electron chi connectivity index (χ3n) is 3.58. The lowest BCUT2D eigenvalue weighted by atomic mass is 9.76. The minimum atomic E-state index is -0.383. The van der Waals surface area contributed by atoms with Gasteiger partial charge >= 0.3 is 0 Å². The zero-order valence-corrected chi connectivity index (χ0v) is 13.0. The van der Waals surface area contributed by atoms with Crippen LogP contribution in [-0.4, -0.2) is 11.8 Å². The number of nitrogens with one attached hydrogen (secondary N) is 1. The van der Waals surface area contributed by atoms with Crippen LogP contribution in [0, 0.1) is 17.7 Å². The van der Waals surface area contributed by atoms with E-state index >= 15 is 0 Å². The highest BCUT2D eigenvalue weighted by molar-refractivity contribution is 9.10. The molecule has 1 aromatic carbocycles.